The molecule has 8 N–H and O–H groups in total. The van der Waals surface area contributed by atoms with Gasteiger partial charge in [-0.2, -0.15) is 13.2 Å². The first kappa shape index (κ1) is 49.2. The third kappa shape index (κ3) is 10.6. The van der Waals surface area contributed by atoms with Gasteiger partial charge in [-0.1, -0.05) is 0 Å². The summed E-state index contributed by atoms with van der Waals surface area (Å²) in [5.74, 6) is 2.24. The van der Waals surface area contributed by atoms with Crippen molar-refractivity contribution in [1.29, 1.82) is 0 Å². The highest BCUT2D eigenvalue weighted by atomic mass is 19.4. The van der Waals surface area contributed by atoms with Crippen LogP contribution in [0.15, 0.2) is 48.5 Å². The summed E-state index contributed by atoms with van der Waals surface area (Å²) in [6, 6.07) is 11.5. The van der Waals surface area contributed by atoms with Crippen LogP contribution in [0.4, 0.5) is 30.4 Å². The lowest BCUT2D eigenvalue weighted by atomic mass is 9.96. The van der Waals surface area contributed by atoms with Gasteiger partial charge in [-0.05, 0) is 119 Å². The van der Waals surface area contributed by atoms with Crippen LogP contribution in [0.25, 0.3) is 21.7 Å². The monoisotopic (exact) mass is 974 g/mol. The van der Waals surface area contributed by atoms with Crippen LogP contribution < -0.4 is 30.7 Å². The second-order valence-corrected chi connectivity index (χ2v) is 20.0. The van der Waals surface area contributed by atoms with Crippen LogP contribution in [0.2, 0.25) is 0 Å². The van der Waals surface area contributed by atoms with Crippen LogP contribution in [-0.2, 0) is 11.0 Å². The molecule has 3 aliphatic heterocycles. The zero-order valence-electron chi connectivity index (χ0n) is 40.2. The molecule has 5 aromatic rings. The Morgan fingerprint density at radius 2 is 1.66 bits per heavy atom. The van der Waals surface area contributed by atoms with Crippen LogP contribution in [0.3, 0.4) is 0 Å². The molecule has 4 aliphatic rings. The normalized spacial score (nSPS) is 21.8. The molecule has 3 aromatic carbocycles. The van der Waals surface area contributed by atoms with Crippen molar-refractivity contribution in [3.63, 3.8) is 0 Å². The van der Waals surface area contributed by atoms with Gasteiger partial charge in [0, 0.05) is 85.3 Å². The summed E-state index contributed by atoms with van der Waals surface area (Å²) >= 11 is 0. The van der Waals surface area contributed by atoms with Gasteiger partial charge >= 0.3 is 6.18 Å². The fraction of sp³-hybridized carbons (Fsp3) is 0.540. The van der Waals surface area contributed by atoms with Crippen LogP contribution in [0.1, 0.15) is 74.5 Å². The molecule has 70 heavy (non-hydrogen) atoms. The molecule has 20 heteroatoms. The molecule has 1 saturated carbocycles. The number of carbonyl (C=O) groups is 1. The van der Waals surface area contributed by atoms with Crippen molar-refractivity contribution in [2.75, 3.05) is 95.6 Å². The van der Waals surface area contributed by atoms with E-state index in [2.05, 4.69) is 35.3 Å². The Balaban J connectivity index is 0.740. The molecule has 17 nitrogen and oxygen atoms in total. The highest BCUT2D eigenvalue weighted by molar-refractivity contribution is 5.95. The van der Waals surface area contributed by atoms with Gasteiger partial charge in [0.15, 0.2) is 11.5 Å². The summed E-state index contributed by atoms with van der Waals surface area (Å²) in [6.07, 6.45) is -1.87. The average molecular weight is 975 g/mol. The number of alkyl halides is 3. The fourth-order valence-corrected chi connectivity index (χ4v) is 10.5. The number of amides is 1. The van der Waals surface area contributed by atoms with Gasteiger partial charge in [-0.25, -0.2) is 9.97 Å². The number of piperazine rings is 1. The molecule has 0 bridgehead atoms. The van der Waals surface area contributed by atoms with E-state index >= 15 is 0 Å². The quantitative estimate of drug-likeness (QED) is 0.0619. The lowest BCUT2D eigenvalue weighted by Crippen LogP contribution is -2.49. The number of likely N-dealkylation sites (tertiary alicyclic amines) is 1. The van der Waals surface area contributed by atoms with Crippen molar-refractivity contribution >= 4 is 44.8 Å². The number of ether oxygens (including phenoxy) is 2. The molecule has 1 amide bonds. The molecule has 0 spiro atoms. The zero-order chi connectivity index (χ0) is 49.6. The Labute approximate surface area is 405 Å². The number of nitrogens with two attached hydrogens (primary N) is 1. The molecule has 4 atom stereocenters. The Morgan fingerprint density at radius 3 is 2.34 bits per heavy atom. The molecule has 9 rings (SSSR count). The minimum Gasteiger partial charge on any atom is -0.494 e. The first-order valence-corrected chi connectivity index (χ1v) is 24.2. The highest BCUT2D eigenvalue weighted by Crippen LogP contribution is 2.48. The zero-order valence-corrected chi connectivity index (χ0v) is 40.2. The Hall–Kier alpha value is -5.80. The summed E-state index contributed by atoms with van der Waals surface area (Å²) in [5, 5.41) is 50.2. The number of halogens is 3. The highest BCUT2D eigenvalue weighted by Gasteiger charge is 2.45. The summed E-state index contributed by atoms with van der Waals surface area (Å²) in [5.41, 5.74) is 6.73. The topological polar surface area (TPSA) is 210 Å². The van der Waals surface area contributed by atoms with Crippen molar-refractivity contribution in [2.24, 2.45) is 11.3 Å². The summed E-state index contributed by atoms with van der Waals surface area (Å²) in [7, 11) is 3.41. The minimum absolute atomic E-state index is 0.0110. The third-order valence-electron chi connectivity index (χ3n) is 14.8. The van der Waals surface area contributed by atoms with Gasteiger partial charge in [-0.3, -0.25) is 24.5 Å². The van der Waals surface area contributed by atoms with Crippen molar-refractivity contribution in [1.82, 2.24) is 34.6 Å². The van der Waals surface area contributed by atoms with E-state index in [1.165, 1.54) is 10.6 Å². The van der Waals surface area contributed by atoms with Gasteiger partial charge in [0.2, 0.25) is 17.7 Å². The Kier molecular flexibility index (Phi) is 13.9. The Morgan fingerprint density at radius 1 is 0.929 bits per heavy atom. The number of anilines is 3. The number of rotatable bonds is 15. The predicted molar refractivity (Wildman–Crippen MR) is 260 cm³/mol. The standard InChI is InChI=1S/C50H65F3N10O7/c1-29(32-19-33(50(51,52)53)21-34(54)20-32)55-45-38-23-42(41(69-4)24-39(38)56-30(2)57-45)70-28-49(11-12-49)27-59(3)44(65)26-60-13-9-31(10-14-60)25-61-15-17-62(18-16-61)35-5-6-36-37(22-35)48(68)63(47(36)67)40-7-8-43(64)58-46(40)66/h5-6,19-24,29,31,40,43,46,58,64,66-68H,7-18,25-28,54H2,1-4H3,(H,55,56,57)/t29-,40?,43?,46?/m1/s1. The fourth-order valence-electron chi connectivity index (χ4n) is 10.5. The van der Waals surface area contributed by atoms with Gasteiger partial charge in [0.1, 0.15) is 24.1 Å². The maximum absolute atomic E-state index is 13.6. The lowest BCUT2D eigenvalue weighted by Gasteiger charge is -2.39. The smallest absolute Gasteiger partial charge is 0.416 e. The number of methoxy groups -OCH3 is 1. The Bertz CT molecular complexity index is 2700. The minimum atomic E-state index is -4.54. The number of aliphatic hydroxyl groups is 2. The number of hydrogen-bond acceptors (Lipinski definition) is 15. The number of nitrogens with zero attached hydrogens (tertiary/aromatic N) is 7. The number of carbonyl (C=O) groups excluding carboxylic acids is 1. The molecule has 3 saturated heterocycles. The second-order valence-electron chi connectivity index (χ2n) is 20.0. The number of benzene rings is 3. The summed E-state index contributed by atoms with van der Waals surface area (Å²) in [6.45, 7) is 10.9. The number of likely N-dealkylation sites (N-methyl/N-ethyl adjacent to an activating group) is 1. The number of fused-ring (bicyclic) bond motifs is 2. The molecule has 5 heterocycles. The van der Waals surface area contributed by atoms with Crippen molar-refractivity contribution < 1.29 is 47.9 Å². The number of nitrogens with one attached hydrogen (secondary N) is 2. The van der Waals surface area contributed by atoms with Gasteiger partial charge < -0.3 is 50.8 Å². The van der Waals surface area contributed by atoms with E-state index < -0.39 is 36.3 Å². The maximum Gasteiger partial charge on any atom is 0.416 e. The van der Waals surface area contributed by atoms with Crippen LogP contribution >= 0.6 is 0 Å². The number of hydrogen-bond donors (Lipinski definition) is 7. The van der Waals surface area contributed by atoms with Crippen molar-refractivity contribution in [3.8, 4) is 23.3 Å². The first-order chi connectivity index (χ1) is 33.4. The van der Waals surface area contributed by atoms with E-state index in [-0.39, 0.29) is 28.8 Å². The summed E-state index contributed by atoms with van der Waals surface area (Å²) < 4.78 is 54.3. The number of nitrogen functional groups attached to an aromatic ring is 1. The SMILES string of the molecule is COc1cc2nc(C)nc(N[C@H](C)c3cc(N)cc(C(F)(F)F)c3)c2cc1OCC1(CN(C)C(=O)CN2CCC(CN3CCN(c4ccc5c(O)n(C6CCC(O)NC6O)c(O)c5c4)CC3)CC2)CC1. The largest absolute Gasteiger partial charge is 0.494 e. The van der Waals surface area contributed by atoms with Crippen LogP contribution in [0.5, 0.6) is 23.3 Å². The maximum atomic E-state index is 13.6. The van der Waals surface area contributed by atoms with Gasteiger partial charge in [0.25, 0.3) is 0 Å². The summed E-state index contributed by atoms with van der Waals surface area (Å²) in [4.78, 5) is 31.7. The van der Waals surface area contributed by atoms with E-state index in [1.807, 2.05) is 30.1 Å². The van der Waals surface area contributed by atoms with E-state index in [9.17, 15) is 38.4 Å². The number of aliphatic hydroxyl groups excluding tert-OH is 2. The molecule has 1 aliphatic carbocycles. The van der Waals surface area contributed by atoms with E-state index in [0.717, 1.165) is 89.3 Å². The third-order valence-corrected chi connectivity index (χ3v) is 14.8. The average Bonchev–Trinajstić information content (AvgIpc) is 4.05. The first-order valence-electron chi connectivity index (χ1n) is 24.2. The second kappa shape index (κ2) is 19.8. The van der Waals surface area contributed by atoms with Gasteiger partial charge in [-0.15, -0.1) is 0 Å². The van der Waals surface area contributed by atoms with E-state index in [4.69, 9.17) is 15.2 Å². The number of aryl methyl sites for hydroxylation is 1. The van der Waals surface area contributed by atoms with Gasteiger partial charge in [0.05, 0.1) is 43.4 Å². The van der Waals surface area contributed by atoms with Crippen molar-refractivity contribution in [2.45, 2.75) is 83.1 Å². The predicted octanol–water partition coefficient (Wildman–Crippen LogP) is 5.80. The molecule has 4 fully saturated rings. The molecule has 3 unspecified atom stereocenters. The van der Waals surface area contributed by atoms with Crippen molar-refractivity contribution in [3.05, 3.63) is 65.5 Å². The molecule has 2 aromatic heterocycles. The van der Waals surface area contributed by atoms with Crippen LogP contribution in [-0.4, -0.2) is 148 Å². The number of aromatic nitrogens is 3. The van der Waals surface area contributed by atoms with E-state index in [1.54, 1.807) is 33.1 Å². The molecule has 378 valence electrons. The van der Waals surface area contributed by atoms with E-state index in [0.29, 0.717) is 88.8 Å². The lowest BCUT2D eigenvalue weighted by molar-refractivity contribution is -0.137. The molecule has 0 radical (unpaired) electrons. The number of piperidine rings is 2. The van der Waals surface area contributed by atoms with Crippen LogP contribution in [0, 0.1) is 18.3 Å². The molecular weight excluding hydrogens is 910 g/mol. The number of aromatic hydroxyl groups is 2. The molecular formula is C50H65F3N10O7.